The average Bonchev–Trinajstić information content (AvgIpc) is 2.54. The van der Waals surface area contributed by atoms with Crippen LogP contribution in [0, 0.1) is 27.7 Å². The molecule has 1 atom stereocenters. The molecule has 6 heteroatoms. The third kappa shape index (κ3) is 4.89. The third-order valence-corrected chi connectivity index (χ3v) is 5.83. The Kier molecular flexibility index (Phi) is 6.31. The topological polar surface area (TPSA) is 66.5 Å². The summed E-state index contributed by atoms with van der Waals surface area (Å²) in [6.07, 6.45) is 1.50. The van der Waals surface area contributed by atoms with Gasteiger partial charge in [-0.05, 0) is 74.6 Å². The van der Waals surface area contributed by atoms with Crippen LogP contribution in [0.15, 0.2) is 36.4 Å². The van der Waals surface area contributed by atoms with E-state index in [1.807, 2.05) is 58.9 Å². The Bertz CT molecular complexity index is 932. The van der Waals surface area contributed by atoms with Crippen LogP contribution < -0.4 is 9.62 Å². The lowest BCUT2D eigenvalue weighted by Crippen LogP contribution is -2.47. The minimum absolute atomic E-state index is 0.337. The van der Waals surface area contributed by atoms with Crippen LogP contribution in [0.5, 0.6) is 0 Å². The zero-order chi connectivity index (χ0) is 20.4. The number of sulfonamides is 1. The number of amides is 1. The van der Waals surface area contributed by atoms with E-state index >= 15 is 0 Å². The molecule has 0 aromatic heterocycles. The van der Waals surface area contributed by atoms with Crippen LogP contribution >= 0.6 is 0 Å². The molecule has 5 nitrogen and oxygen atoms in total. The number of carbonyl (C=O) groups excluding carboxylic acids is 1. The molecule has 0 spiro atoms. The second kappa shape index (κ2) is 8.13. The molecule has 0 fully saturated rings. The van der Waals surface area contributed by atoms with Crippen molar-refractivity contribution in [3.63, 3.8) is 0 Å². The minimum atomic E-state index is -3.65. The van der Waals surface area contributed by atoms with Gasteiger partial charge in [-0.2, -0.15) is 0 Å². The van der Waals surface area contributed by atoms with E-state index in [1.54, 1.807) is 12.1 Å². The van der Waals surface area contributed by atoms with Crippen LogP contribution in [0.1, 0.15) is 35.6 Å². The fourth-order valence-electron chi connectivity index (χ4n) is 3.24. The zero-order valence-corrected chi connectivity index (χ0v) is 17.6. The molecule has 0 bridgehead atoms. The quantitative estimate of drug-likeness (QED) is 0.810. The first-order valence-electron chi connectivity index (χ1n) is 8.99. The highest BCUT2D eigenvalue weighted by atomic mass is 32.2. The van der Waals surface area contributed by atoms with Crippen molar-refractivity contribution in [2.75, 3.05) is 15.9 Å². The Morgan fingerprint density at radius 1 is 1.07 bits per heavy atom. The third-order valence-electron chi connectivity index (χ3n) is 4.65. The van der Waals surface area contributed by atoms with E-state index in [0.717, 1.165) is 28.5 Å². The van der Waals surface area contributed by atoms with E-state index in [-0.39, 0.29) is 5.91 Å². The van der Waals surface area contributed by atoms with E-state index in [0.29, 0.717) is 17.8 Å². The molecule has 0 saturated heterocycles. The second-order valence-corrected chi connectivity index (χ2v) is 8.92. The van der Waals surface area contributed by atoms with Gasteiger partial charge in [0.1, 0.15) is 6.04 Å². The summed E-state index contributed by atoms with van der Waals surface area (Å²) >= 11 is 0. The molecule has 0 heterocycles. The lowest BCUT2D eigenvalue weighted by molar-refractivity contribution is -0.117. The fourth-order valence-corrected chi connectivity index (χ4v) is 4.44. The summed E-state index contributed by atoms with van der Waals surface area (Å²) in [6, 6.07) is 10.4. The summed E-state index contributed by atoms with van der Waals surface area (Å²) in [5.41, 5.74) is 5.14. The second-order valence-electron chi connectivity index (χ2n) is 7.07. The van der Waals surface area contributed by atoms with Crippen molar-refractivity contribution in [2.45, 2.75) is 47.1 Å². The van der Waals surface area contributed by atoms with Crippen LogP contribution in [0.25, 0.3) is 0 Å². The van der Waals surface area contributed by atoms with E-state index in [9.17, 15) is 13.2 Å². The van der Waals surface area contributed by atoms with Crippen LogP contribution in [0.4, 0.5) is 11.4 Å². The van der Waals surface area contributed by atoms with Crippen LogP contribution in [-0.4, -0.2) is 26.6 Å². The molecule has 0 unspecified atom stereocenters. The van der Waals surface area contributed by atoms with E-state index in [2.05, 4.69) is 5.32 Å². The Labute approximate surface area is 162 Å². The number of rotatable bonds is 6. The monoisotopic (exact) mass is 388 g/mol. The first-order chi connectivity index (χ1) is 12.5. The SMILES string of the molecule is CC[C@H](C(=O)Nc1cccc(C)c1C)N(c1cc(C)cc(C)c1)S(C)(=O)=O. The number of hydrogen-bond donors (Lipinski definition) is 1. The average molecular weight is 389 g/mol. The first kappa shape index (κ1) is 21.0. The first-order valence-corrected chi connectivity index (χ1v) is 10.8. The van der Waals surface area contributed by atoms with Gasteiger partial charge >= 0.3 is 0 Å². The van der Waals surface area contributed by atoms with Crippen LogP contribution in [0.2, 0.25) is 0 Å². The Balaban J connectivity index is 2.46. The Hall–Kier alpha value is -2.34. The molecule has 0 radical (unpaired) electrons. The van der Waals surface area contributed by atoms with Crippen molar-refractivity contribution < 1.29 is 13.2 Å². The maximum absolute atomic E-state index is 13.0. The van der Waals surface area contributed by atoms with Gasteiger partial charge in [-0.3, -0.25) is 9.10 Å². The maximum Gasteiger partial charge on any atom is 0.248 e. The zero-order valence-electron chi connectivity index (χ0n) is 16.8. The molecule has 27 heavy (non-hydrogen) atoms. The molecule has 146 valence electrons. The molecule has 1 N–H and O–H groups in total. The van der Waals surface area contributed by atoms with Gasteiger partial charge in [0.2, 0.25) is 15.9 Å². The minimum Gasteiger partial charge on any atom is -0.324 e. The van der Waals surface area contributed by atoms with E-state index in [4.69, 9.17) is 0 Å². The van der Waals surface area contributed by atoms with Crippen molar-refractivity contribution >= 4 is 27.3 Å². The molecule has 2 aromatic carbocycles. The summed E-state index contributed by atoms with van der Waals surface area (Å²) in [5, 5.41) is 2.91. The van der Waals surface area contributed by atoms with Gasteiger partial charge < -0.3 is 5.32 Å². The number of anilines is 2. The molecule has 0 saturated carbocycles. The number of aryl methyl sites for hydroxylation is 3. The number of hydrogen-bond acceptors (Lipinski definition) is 3. The lowest BCUT2D eigenvalue weighted by atomic mass is 10.1. The molecule has 0 aliphatic heterocycles. The van der Waals surface area contributed by atoms with E-state index in [1.165, 1.54) is 4.31 Å². The molecule has 1 amide bonds. The number of benzene rings is 2. The summed E-state index contributed by atoms with van der Waals surface area (Å²) < 4.78 is 26.4. The van der Waals surface area contributed by atoms with Crippen molar-refractivity contribution in [1.29, 1.82) is 0 Å². The maximum atomic E-state index is 13.0. The lowest BCUT2D eigenvalue weighted by Gasteiger charge is -2.30. The van der Waals surface area contributed by atoms with Crippen molar-refractivity contribution in [2.24, 2.45) is 0 Å². The van der Waals surface area contributed by atoms with Gasteiger partial charge in [0.05, 0.1) is 11.9 Å². The summed E-state index contributed by atoms with van der Waals surface area (Å²) in [4.78, 5) is 13.0. The van der Waals surface area contributed by atoms with Gasteiger partial charge in [0.15, 0.2) is 0 Å². The molecule has 2 aromatic rings. The normalized spacial score (nSPS) is 12.5. The van der Waals surface area contributed by atoms with Crippen LogP contribution in [0.3, 0.4) is 0 Å². The standard InChI is InChI=1S/C21H28N2O3S/c1-7-20(21(24)22-19-10-8-9-16(4)17(19)5)23(27(6,25)26)18-12-14(2)11-15(3)13-18/h8-13,20H,7H2,1-6H3,(H,22,24)/t20-/m1/s1. The van der Waals surface area contributed by atoms with Crippen LogP contribution in [-0.2, 0) is 14.8 Å². The van der Waals surface area contributed by atoms with Gasteiger partial charge in [0, 0.05) is 5.69 Å². The fraction of sp³-hybridized carbons (Fsp3) is 0.381. The summed E-state index contributed by atoms with van der Waals surface area (Å²) in [7, 11) is -3.65. The molecule has 0 aliphatic rings. The molecule has 2 rings (SSSR count). The van der Waals surface area contributed by atoms with Gasteiger partial charge in [-0.15, -0.1) is 0 Å². The molecular weight excluding hydrogens is 360 g/mol. The smallest absolute Gasteiger partial charge is 0.248 e. The van der Waals surface area contributed by atoms with Crippen molar-refractivity contribution in [3.8, 4) is 0 Å². The Morgan fingerprint density at radius 3 is 2.19 bits per heavy atom. The highest BCUT2D eigenvalue weighted by Gasteiger charge is 2.32. The van der Waals surface area contributed by atoms with Gasteiger partial charge in [-0.1, -0.05) is 25.1 Å². The van der Waals surface area contributed by atoms with Crippen molar-refractivity contribution in [3.05, 3.63) is 58.7 Å². The highest BCUT2D eigenvalue weighted by Crippen LogP contribution is 2.26. The molecular formula is C21H28N2O3S. The number of nitrogens with zero attached hydrogens (tertiary/aromatic N) is 1. The van der Waals surface area contributed by atoms with E-state index < -0.39 is 16.1 Å². The highest BCUT2D eigenvalue weighted by molar-refractivity contribution is 7.92. The predicted molar refractivity (Wildman–Crippen MR) is 112 cm³/mol. The molecule has 0 aliphatic carbocycles. The van der Waals surface area contributed by atoms with Gasteiger partial charge in [0.25, 0.3) is 0 Å². The number of carbonyl (C=O) groups is 1. The predicted octanol–water partition coefficient (Wildman–Crippen LogP) is 4.10. The summed E-state index contributed by atoms with van der Waals surface area (Å²) in [6.45, 7) is 9.54. The Morgan fingerprint density at radius 2 is 1.67 bits per heavy atom. The van der Waals surface area contributed by atoms with Crippen molar-refractivity contribution in [1.82, 2.24) is 0 Å². The largest absolute Gasteiger partial charge is 0.324 e. The summed E-state index contributed by atoms with van der Waals surface area (Å²) in [5.74, 6) is -0.337. The van der Waals surface area contributed by atoms with Gasteiger partial charge in [-0.25, -0.2) is 8.42 Å². The number of nitrogens with one attached hydrogen (secondary N) is 1.